The summed E-state index contributed by atoms with van der Waals surface area (Å²) in [5.74, 6) is -0.700. The van der Waals surface area contributed by atoms with Crippen LogP contribution in [0.1, 0.15) is 6.92 Å². The third kappa shape index (κ3) is 3.01. The summed E-state index contributed by atoms with van der Waals surface area (Å²) in [6.07, 6.45) is 0. The Bertz CT molecular complexity index is 798. The molecular weight excluding hydrogens is 392 g/mol. The third-order valence-corrected chi connectivity index (χ3v) is 6.18. The first-order chi connectivity index (χ1) is 10.1. The van der Waals surface area contributed by atoms with E-state index < -0.39 is 20.7 Å². The Morgan fingerprint density at radius 2 is 1.59 bits per heavy atom. The molecule has 0 heterocycles. The molecule has 0 fully saturated rings. The zero-order chi connectivity index (χ0) is 16.7. The highest BCUT2D eigenvalue weighted by atomic mass is 35.5. The molecule has 1 aromatic carbocycles. The van der Waals surface area contributed by atoms with E-state index in [1.807, 2.05) is 0 Å². The van der Waals surface area contributed by atoms with Gasteiger partial charge in [0.25, 0.3) is 10.0 Å². The maximum Gasteiger partial charge on any atom is 0.261 e. The fourth-order valence-corrected chi connectivity index (χ4v) is 3.97. The van der Waals surface area contributed by atoms with Crippen LogP contribution in [0.5, 0.6) is 0 Å². The zero-order valence-corrected chi connectivity index (χ0v) is 14.9. The smallest absolute Gasteiger partial charge is 0.261 e. The van der Waals surface area contributed by atoms with Crippen molar-refractivity contribution in [1.82, 2.24) is 4.72 Å². The van der Waals surface area contributed by atoms with Crippen LogP contribution in [0.3, 0.4) is 0 Å². The van der Waals surface area contributed by atoms with Crippen LogP contribution in [0.2, 0.25) is 0 Å². The zero-order valence-electron chi connectivity index (χ0n) is 11.0. The molecule has 0 aliphatic heterocycles. The molecule has 4 nitrogen and oxygen atoms in total. The minimum absolute atomic E-state index is 0.000677. The highest BCUT2D eigenvalue weighted by Gasteiger charge is 2.44. The molecule has 2 rings (SSSR count). The van der Waals surface area contributed by atoms with E-state index in [0.29, 0.717) is 0 Å². The van der Waals surface area contributed by atoms with E-state index in [0.717, 1.165) is 0 Å². The Kier molecular flexibility index (Phi) is 4.85. The van der Waals surface area contributed by atoms with Gasteiger partial charge in [-0.05, 0) is 19.1 Å². The molecular formula is C13H9Cl4NO3S. The van der Waals surface area contributed by atoms with Crippen LogP contribution >= 0.6 is 46.4 Å². The number of Topliss-reactive ketones (excluding diaryl/α,β-unsaturated/α-hetero) is 1. The van der Waals surface area contributed by atoms with Gasteiger partial charge in [0, 0.05) is 0 Å². The van der Waals surface area contributed by atoms with Crippen molar-refractivity contribution >= 4 is 62.2 Å². The lowest BCUT2D eigenvalue weighted by atomic mass is 9.98. The SMILES string of the molecule is CC1(Cl)C(=O)C(Cl)=C(Cl)C(NS(=O)(=O)c2ccccc2)=C1Cl. The van der Waals surface area contributed by atoms with Gasteiger partial charge in [-0.1, -0.05) is 53.0 Å². The summed E-state index contributed by atoms with van der Waals surface area (Å²) in [7, 11) is -3.96. The fourth-order valence-electron chi connectivity index (χ4n) is 1.73. The first-order valence-corrected chi connectivity index (χ1v) is 8.86. The molecule has 0 saturated carbocycles. The second-order valence-electron chi connectivity index (χ2n) is 4.57. The van der Waals surface area contributed by atoms with Gasteiger partial charge in [-0.25, -0.2) is 8.42 Å². The number of alkyl halides is 1. The molecule has 22 heavy (non-hydrogen) atoms. The van der Waals surface area contributed by atoms with E-state index in [1.165, 1.54) is 19.1 Å². The molecule has 0 saturated heterocycles. The van der Waals surface area contributed by atoms with Gasteiger partial charge < -0.3 is 0 Å². The van der Waals surface area contributed by atoms with Gasteiger partial charge in [0.15, 0.2) is 0 Å². The maximum atomic E-state index is 12.3. The number of halogens is 4. The number of hydrogen-bond donors (Lipinski definition) is 1. The molecule has 1 aromatic rings. The summed E-state index contributed by atoms with van der Waals surface area (Å²) >= 11 is 23.9. The van der Waals surface area contributed by atoms with Gasteiger partial charge in [0.1, 0.15) is 9.91 Å². The monoisotopic (exact) mass is 399 g/mol. The molecule has 1 aliphatic rings. The van der Waals surface area contributed by atoms with E-state index in [4.69, 9.17) is 46.4 Å². The summed E-state index contributed by atoms with van der Waals surface area (Å²) in [4.78, 5) is 10.3. The van der Waals surface area contributed by atoms with Gasteiger partial charge in [0.2, 0.25) is 5.78 Å². The average Bonchev–Trinajstić information content (AvgIpc) is 2.49. The number of carbonyl (C=O) groups excluding carboxylic acids is 1. The Hall–Kier alpha value is -0.720. The van der Waals surface area contributed by atoms with E-state index in [9.17, 15) is 13.2 Å². The molecule has 0 spiro atoms. The van der Waals surface area contributed by atoms with Crippen molar-refractivity contribution in [2.75, 3.05) is 0 Å². The predicted molar refractivity (Wildman–Crippen MR) is 87.6 cm³/mol. The molecule has 0 radical (unpaired) electrons. The lowest BCUT2D eigenvalue weighted by molar-refractivity contribution is -0.116. The van der Waals surface area contributed by atoms with Crippen molar-refractivity contribution in [3.05, 3.63) is 51.1 Å². The van der Waals surface area contributed by atoms with Crippen LogP contribution < -0.4 is 4.72 Å². The van der Waals surface area contributed by atoms with Gasteiger partial charge in [-0.3, -0.25) is 9.52 Å². The van der Waals surface area contributed by atoms with Crippen LogP contribution in [0.4, 0.5) is 0 Å². The van der Waals surface area contributed by atoms with Crippen LogP contribution in [0.25, 0.3) is 0 Å². The molecule has 0 aromatic heterocycles. The number of allylic oxidation sites excluding steroid dienone is 3. The first kappa shape index (κ1) is 17.6. The third-order valence-electron chi connectivity index (χ3n) is 2.96. The van der Waals surface area contributed by atoms with Crippen molar-refractivity contribution in [2.24, 2.45) is 0 Å². The summed E-state index contributed by atoms with van der Waals surface area (Å²) in [6, 6.07) is 7.58. The van der Waals surface area contributed by atoms with E-state index in [-0.39, 0.29) is 25.7 Å². The van der Waals surface area contributed by atoms with Crippen molar-refractivity contribution < 1.29 is 13.2 Å². The molecule has 0 amide bonds. The Balaban J connectivity index is 2.53. The van der Waals surface area contributed by atoms with Crippen LogP contribution in [0.15, 0.2) is 56.0 Å². The summed E-state index contributed by atoms with van der Waals surface area (Å²) in [6.45, 7) is 1.31. The molecule has 9 heteroatoms. The van der Waals surface area contributed by atoms with Crippen molar-refractivity contribution in [2.45, 2.75) is 16.7 Å². The largest absolute Gasteiger partial charge is 0.291 e. The Morgan fingerprint density at radius 3 is 2.14 bits per heavy atom. The predicted octanol–water partition coefficient (Wildman–Crippen LogP) is 3.68. The standard InChI is InChI=1S/C13H9Cl4NO3S/c1-13(17)11(16)10(8(14)9(15)12(13)19)18-22(20,21)7-5-3-2-4-6-7/h2-6,18H,1H3. The molecule has 118 valence electrons. The quantitative estimate of drug-likeness (QED) is 0.787. The average molecular weight is 401 g/mol. The van der Waals surface area contributed by atoms with Crippen LogP contribution in [-0.4, -0.2) is 19.1 Å². The van der Waals surface area contributed by atoms with E-state index in [2.05, 4.69) is 4.72 Å². The molecule has 1 unspecified atom stereocenters. The molecule has 0 bridgehead atoms. The minimum Gasteiger partial charge on any atom is -0.291 e. The lowest BCUT2D eigenvalue weighted by Gasteiger charge is -2.28. The van der Waals surface area contributed by atoms with E-state index in [1.54, 1.807) is 18.2 Å². The number of benzene rings is 1. The van der Waals surface area contributed by atoms with Gasteiger partial charge in [-0.2, -0.15) is 0 Å². The highest BCUT2D eigenvalue weighted by Crippen LogP contribution is 2.43. The normalized spacial score (nSPS) is 23.0. The number of hydrogen-bond acceptors (Lipinski definition) is 3. The van der Waals surface area contributed by atoms with Crippen molar-refractivity contribution in [1.29, 1.82) is 0 Å². The topological polar surface area (TPSA) is 63.2 Å². The van der Waals surface area contributed by atoms with Crippen LogP contribution in [-0.2, 0) is 14.8 Å². The van der Waals surface area contributed by atoms with Crippen molar-refractivity contribution in [3.8, 4) is 0 Å². The lowest BCUT2D eigenvalue weighted by Crippen LogP contribution is -2.38. The van der Waals surface area contributed by atoms with E-state index >= 15 is 0 Å². The number of ketones is 1. The Labute approximate surface area is 147 Å². The minimum atomic E-state index is -3.96. The second-order valence-corrected chi connectivity index (χ2v) is 8.14. The fraction of sp³-hybridized carbons (Fsp3) is 0.154. The first-order valence-electron chi connectivity index (χ1n) is 5.86. The van der Waals surface area contributed by atoms with Gasteiger partial charge in [0.05, 0.1) is 20.7 Å². The molecule has 1 aliphatic carbocycles. The number of rotatable bonds is 3. The maximum absolute atomic E-state index is 12.3. The number of sulfonamides is 1. The van der Waals surface area contributed by atoms with Gasteiger partial charge in [-0.15, -0.1) is 11.6 Å². The van der Waals surface area contributed by atoms with Crippen molar-refractivity contribution in [3.63, 3.8) is 0 Å². The summed E-state index contributed by atoms with van der Waals surface area (Å²) < 4.78 is 26.9. The highest BCUT2D eigenvalue weighted by molar-refractivity contribution is 7.89. The number of carbonyl (C=O) groups is 1. The van der Waals surface area contributed by atoms with Crippen LogP contribution in [0, 0.1) is 0 Å². The summed E-state index contributed by atoms with van der Waals surface area (Å²) in [5.41, 5.74) is -0.214. The second kappa shape index (κ2) is 6.06. The summed E-state index contributed by atoms with van der Waals surface area (Å²) in [5, 5.41) is -0.920. The Morgan fingerprint density at radius 1 is 1.05 bits per heavy atom. The van der Waals surface area contributed by atoms with Gasteiger partial charge >= 0.3 is 0 Å². The molecule has 1 atom stereocenters. The molecule has 1 N–H and O–H groups in total. The number of nitrogens with one attached hydrogen (secondary N) is 1.